The molecule has 0 fully saturated rings. The predicted octanol–water partition coefficient (Wildman–Crippen LogP) is -3.74. The van der Waals surface area contributed by atoms with E-state index in [0.29, 0.717) is 0 Å². The quantitative estimate of drug-likeness (QED) is 0.100. The first kappa shape index (κ1) is 47.7. The average molecular weight is 680 g/mol. The van der Waals surface area contributed by atoms with Gasteiger partial charge in [-0.25, -0.2) is 22.8 Å². The van der Waals surface area contributed by atoms with E-state index < -0.39 is 39.1 Å². The van der Waals surface area contributed by atoms with Crippen molar-refractivity contribution in [2.24, 2.45) is 0 Å². The summed E-state index contributed by atoms with van der Waals surface area (Å²) in [4.78, 5) is 83.3. The first-order chi connectivity index (χ1) is 9.41. The van der Waals surface area contributed by atoms with Gasteiger partial charge in [-0.15, -0.1) is 0 Å². The minimum absolute atomic E-state index is 0. The molecule has 0 unspecified atom stereocenters. The molecule has 0 aromatic carbocycles. The minimum Gasteiger partial charge on any atom is -0.303 e. The van der Waals surface area contributed by atoms with Crippen molar-refractivity contribution in [3.8, 4) is 0 Å². The second kappa shape index (κ2) is 18.6. The van der Waals surface area contributed by atoms with Gasteiger partial charge >= 0.3 is 39.1 Å². The molecule has 0 aliphatic rings. The normalized spacial score (nSPS) is 11.4. The first-order valence-corrected chi connectivity index (χ1v) is 11.5. The Balaban J connectivity index is -0.0000000488. The van der Waals surface area contributed by atoms with E-state index in [4.69, 9.17) is 63.0 Å². The molecule has 0 atom stereocenters. The van der Waals surface area contributed by atoms with Crippen LogP contribution in [0.5, 0.6) is 0 Å². The van der Waals surface area contributed by atoms with Gasteiger partial charge in [0.2, 0.25) is 0 Å². The van der Waals surface area contributed by atoms with Crippen molar-refractivity contribution in [2.45, 2.75) is 0 Å². The van der Waals surface area contributed by atoms with Crippen LogP contribution in [0.4, 0.5) is 0 Å². The molecule has 0 aliphatic heterocycles. The van der Waals surface area contributed by atoms with Crippen LogP contribution in [0.3, 0.4) is 0 Å². The summed E-state index contributed by atoms with van der Waals surface area (Å²) in [6.07, 6.45) is 0. The maximum Gasteiger partial charge on any atom is 0.490 e. The van der Waals surface area contributed by atoms with Gasteiger partial charge in [-0.3, -0.25) is 0 Å². The Morgan fingerprint density at radius 3 is 0.630 bits per heavy atom. The average Bonchev–Trinajstić information content (AvgIpc) is 1.81. The van der Waals surface area contributed by atoms with Crippen LogP contribution in [0.1, 0.15) is 0 Å². The van der Waals surface area contributed by atoms with Gasteiger partial charge in [-0.1, -0.05) is 0 Å². The van der Waals surface area contributed by atoms with Crippen molar-refractivity contribution in [3.05, 3.63) is 0 Å². The summed E-state index contributed by atoms with van der Waals surface area (Å²) < 4.78 is 54.1. The molecule has 0 spiro atoms. The van der Waals surface area contributed by atoms with Gasteiger partial charge in [0, 0.05) is 58.4 Å². The molecule has 0 saturated carbocycles. The van der Waals surface area contributed by atoms with Gasteiger partial charge in [0.1, 0.15) is 0 Å². The van der Waals surface area contributed by atoms with Crippen LogP contribution >= 0.6 is 39.1 Å². The van der Waals surface area contributed by atoms with E-state index in [2.05, 4.69) is 8.62 Å². The molecule has 0 aromatic heterocycles. The molecular formula is H14AlO18P5Zn3. The molecule has 0 aromatic rings. The Hall–Kier alpha value is 3.03. The van der Waals surface area contributed by atoms with Crippen molar-refractivity contribution < 1.29 is 144 Å². The molecule has 0 radical (unpaired) electrons. The zero-order valence-electron chi connectivity index (χ0n) is 12.1. The molecule has 18 nitrogen and oxygen atoms in total. The molecule has 0 amide bonds. The molecule has 27 heteroatoms. The van der Waals surface area contributed by atoms with E-state index in [0.717, 1.165) is 0 Å². The monoisotopic (exact) mass is 676 g/mol. The van der Waals surface area contributed by atoms with Crippen LogP contribution in [0.15, 0.2) is 0 Å². The molecule has 27 heavy (non-hydrogen) atoms. The van der Waals surface area contributed by atoms with E-state index in [1.165, 1.54) is 0 Å². The van der Waals surface area contributed by atoms with Crippen molar-refractivity contribution in [1.29, 1.82) is 0 Å². The smallest absolute Gasteiger partial charge is 0.303 e. The van der Waals surface area contributed by atoms with Gasteiger partial charge in [0.25, 0.3) is 0 Å². The molecule has 11 N–H and O–H groups in total. The van der Waals surface area contributed by atoms with Crippen LogP contribution in [0.25, 0.3) is 0 Å². The fourth-order valence-electron chi connectivity index (χ4n) is 0.284. The summed E-state index contributed by atoms with van der Waals surface area (Å²) in [5.41, 5.74) is 0. The topological polar surface area (TPSA) is 326 Å². The van der Waals surface area contributed by atoms with Crippen LogP contribution < -0.4 is 0 Å². The van der Waals surface area contributed by atoms with Gasteiger partial charge in [-0.05, 0) is 0 Å². The van der Waals surface area contributed by atoms with Crippen LogP contribution in [0.2, 0.25) is 0 Å². The van der Waals surface area contributed by atoms with Gasteiger partial charge in [-0.2, -0.15) is 8.62 Å². The number of hydrogen-bond acceptors (Lipinski definition) is 7. The molecule has 156 valence electrons. The van der Waals surface area contributed by atoms with Gasteiger partial charge in [0.15, 0.2) is 17.4 Å². The maximum atomic E-state index is 10.4. The van der Waals surface area contributed by atoms with E-state index >= 15 is 0 Å². The summed E-state index contributed by atoms with van der Waals surface area (Å²) in [6.45, 7) is 0. The van der Waals surface area contributed by atoms with Crippen LogP contribution in [0, 0.1) is 0 Å². The summed E-state index contributed by atoms with van der Waals surface area (Å²) in [5, 5.41) is 0. The molecule has 0 aliphatic carbocycles. The Morgan fingerprint density at radius 2 is 0.556 bits per heavy atom. The van der Waals surface area contributed by atoms with Gasteiger partial charge in [0.05, 0.1) is 0 Å². The number of phosphoric acid groups is 5. The van der Waals surface area contributed by atoms with Crippen molar-refractivity contribution >= 4 is 56.5 Å². The van der Waals surface area contributed by atoms with Crippen molar-refractivity contribution in [2.75, 3.05) is 0 Å². The third-order valence-corrected chi connectivity index (χ3v) is 3.77. The van der Waals surface area contributed by atoms with Gasteiger partial charge < -0.3 is 53.8 Å². The minimum atomic E-state index is -5.46. The van der Waals surface area contributed by atoms with E-state index in [-0.39, 0.29) is 75.8 Å². The Bertz CT molecular complexity index is 511. The second-order valence-corrected chi connectivity index (χ2v) is 8.90. The summed E-state index contributed by atoms with van der Waals surface area (Å²) in [5.74, 6) is 0. The third kappa shape index (κ3) is 93.9. The van der Waals surface area contributed by atoms with E-state index in [9.17, 15) is 13.7 Å². The summed E-state index contributed by atoms with van der Waals surface area (Å²) >= 11 is 0. The zero-order valence-corrected chi connectivity index (χ0v) is 25.5. The second-order valence-electron chi connectivity index (χ2n) is 2.64. The zero-order chi connectivity index (χ0) is 19.9. The molecule has 0 heterocycles. The third-order valence-electron chi connectivity index (χ3n) is 0.419. The SMILES string of the molecule is O=P(O)(O)O.O=P(O)(O)O.O=P(O)(O)OP(=O)(O)OP(=O)(O)O.[AlH3].[Zn].[Zn].[Zn]. The summed E-state index contributed by atoms with van der Waals surface area (Å²) in [6, 6.07) is 0. The number of hydrogen-bond donors (Lipinski definition) is 11. The van der Waals surface area contributed by atoms with E-state index in [1.807, 2.05) is 0 Å². The predicted molar refractivity (Wildman–Crippen MR) is 74.5 cm³/mol. The largest absolute Gasteiger partial charge is 0.490 e. The molecule has 0 bridgehead atoms. The fraction of sp³-hybridized carbons (Fsp3) is 0. The van der Waals surface area contributed by atoms with Crippen molar-refractivity contribution in [1.82, 2.24) is 0 Å². The Labute approximate surface area is 199 Å². The standard InChI is InChI=1S/Al.H5O10P3.2H3O4P.3Zn.3H/c;1-11(2,3)9-13(7,8)10-12(4,5)6;2*1-5(2,3)4;;;;;;/h;(H,7,8)(H2,1,2,3)(H2,4,5,6);2*(H3,1,2,3,4);;;;;;. The fourth-order valence-corrected chi connectivity index (χ4v) is 2.82. The Kier molecular flexibility index (Phi) is 32.9. The van der Waals surface area contributed by atoms with E-state index in [1.54, 1.807) is 0 Å². The summed E-state index contributed by atoms with van der Waals surface area (Å²) in [7, 11) is -25.4. The maximum absolute atomic E-state index is 10.4. The Morgan fingerprint density at radius 1 is 0.444 bits per heavy atom. The van der Waals surface area contributed by atoms with Crippen molar-refractivity contribution in [3.63, 3.8) is 0 Å². The molecule has 0 saturated heterocycles. The molecule has 0 rings (SSSR count). The van der Waals surface area contributed by atoms with Crippen LogP contribution in [-0.4, -0.2) is 71.2 Å². The molecular weight excluding hydrogens is 666 g/mol. The number of rotatable bonds is 4. The van der Waals surface area contributed by atoms with Crippen LogP contribution in [-0.2, 0) is 89.9 Å². The first-order valence-electron chi connectivity index (χ1n) is 3.84.